The van der Waals surface area contributed by atoms with Crippen LogP contribution >= 0.6 is 0 Å². The molecule has 1 aromatic heterocycles. The first-order valence-electron chi connectivity index (χ1n) is 3.95. The topological polar surface area (TPSA) is 29.0 Å². The Bertz CT molecular complexity index is 213. The first-order valence-corrected chi connectivity index (χ1v) is 3.95. The number of aryl methyl sites for hydroxylation is 2. The van der Waals surface area contributed by atoms with Crippen molar-refractivity contribution in [2.75, 3.05) is 6.61 Å². The second kappa shape index (κ2) is 6.20. The Morgan fingerprint density at radius 3 is 2.67 bits per heavy atom. The maximum absolute atomic E-state index is 8.54. The average Bonchev–Trinajstić information content (AvgIpc) is 2.37. The number of unbranched alkanes of at least 4 members (excludes halogenated alkanes) is 1. The molecule has 0 amide bonds. The first-order chi connectivity index (χ1) is 5.33. The number of aliphatic hydroxyl groups is 1. The SMILES string of the molecule is Cn1cc[n+](CCCCO)c1.[Br-]. The van der Waals surface area contributed by atoms with Gasteiger partial charge in [0.1, 0.15) is 12.4 Å². The van der Waals surface area contributed by atoms with E-state index >= 15 is 0 Å². The van der Waals surface area contributed by atoms with Crippen molar-refractivity contribution in [2.45, 2.75) is 19.4 Å². The summed E-state index contributed by atoms with van der Waals surface area (Å²) in [5, 5.41) is 8.54. The molecule has 70 valence electrons. The predicted molar refractivity (Wildman–Crippen MR) is 41.9 cm³/mol. The monoisotopic (exact) mass is 234 g/mol. The molecule has 1 rings (SSSR count). The lowest BCUT2D eigenvalue weighted by atomic mass is 10.3. The van der Waals surface area contributed by atoms with Crippen molar-refractivity contribution in [1.29, 1.82) is 0 Å². The van der Waals surface area contributed by atoms with Gasteiger partial charge in [-0.2, -0.15) is 0 Å². The normalized spacial score (nSPS) is 9.50. The molecule has 0 saturated heterocycles. The van der Waals surface area contributed by atoms with Crippen LogP contribution in [0.4, 0.5) is 0 Å². The van der Waals surface area contributed by atoms with Crippen LogP contribution in [0.25, 0.3) is 0 Å². The Labute approximate surface area is 83.4 Å². The highest BCUT2D eigenvalue weighted by Crippen LogP contribution is 1.86. The molecule has 0 unspecified atom stereocenters. The van der Waals surface area contributed by atoms with Gasteiger partial charge < -0.3 is 22.1 Å². The summed E-state index contributed by atoms with van der Waals surface area (Å²) in [5.41, 5.74) is 0. The molecule has 0 aliphatic rings. The van der Waals surface area contributed by atoms with E-state index in [-0.39, 0.29) is 17.0 Å². The fraction of sp³-hybridized carbons (Fsp3) is 0.625. The lowest BCUT2D eigenvalue weighted by molar-refractivity contribution is -0.696. The minimum Gasteiger partial charge on any atom is -1.00 e. The Balaban J connectivity index is 0.00000121. The lowest BCUT2D eigenvalue weighted by Crippen LogP contribution is -3.00. The van der Waals surface area contributed by atoms with Crippen LogP contribution in [0.5, 0.6) is 0 Å². The van der Waals surface area contributed by atoms with Crippen molar-refractivity contribution in [3.05, 3.63) is 18.7 Å². The number of hydrogen-bond acceptors (Lipinski definition) is 1. The van der Waals surface area contributed by atoms with Gasteiger partial charge in [0, 0.05) is 6.61 Å². The number of rotatable bonds is 4. The van der Waals surface area contributed by atoms with Crippen molar-refractivity contribution in [3.63, 3.8) is 0 Å². The van der Waals surface area contributed by atoms with Gasteiger partial charge in [-0.3, -0.25) is 0 Å². The number of nitrogens with zero attached hydrogens (tertiary/aromatic N) is 2. The Hall–Kier alpha value is -0.350. The number of hydrogen-bond donors (Lipinski definition) is 1. The molecule has 0 aromatic carbocycles. The Kier molecular flexibility index (Phi) is 6.02. The van der Waals surface area contributed by atoms with Crippen LogP contribution < -0.4 is 21.5 Å². The highest BCUT2D eigenvalue weighted by molar-refractivity contribution is 4.61. The van der Waals surface area contributed by atoms with E-state index in [1.54, 1.807) is 0 Å². The predicted octanol–water partition coefficient (Wildman–Crippen LogP) is -2.91. The molecule has 0 aliphatic carbocycles. The summed E-state index contributed by atoms with van der Waals surface area (Å²) >= 11 is 0. The van der Waals surface area contributed by atoms with Crippen LogP contribution in [0, 0.1) is 0 Å². The molecule has 0 bridgehead atoms. The van der Waals surface area contributed by atoms with Crippen molar-refractivity contribution in [3.8, 4) is 0 Å². The van der Waals surface area contributed by atoms with Crippen LogP contribution in [-0.2, 0) is 13.6 Å². The molecule has 12 heavy (non-hydrogen) atoms. The minimum absolute atomic E-state index is 0. The molecule has 1 aromatic rings. The zero-order valence-corrected chi connectivity index (χ0v) is 8.87. The molecular weight excluding hydrogens is 220 g/mol. The minimum atomic E-state index is 0. The van der Waals surface area contributed by atoms with Crippen LogP contribution in [0.2, 0.25) is 0 Å². The Morgan fingerprint density at radius 2 is 2.17 bits per heavy atom. The number of imidazole rings is 1. The molecule has 0 spiro atoms. The lowest BCUT2D eigenvalue weighted by Gasteiger charge is -1.93. The molecule has 0 radical (unpaired) electrons. The van der Waals surface area contributed by atoms with Gasteiger partial charge in [0.05, 0.1) is 13.6 Å². The summed E-state index contributed by atoms with van der Waals surface area (Å²) in [7, 11) is 2.00. The third-order valence-corrected chi connectivity index (χ3v) is 1.65. The molecule has 4 heteroatoms. The zero-order valence-electron chi connectivity index (χ0n) is 7.28. The summed E-state index contributed by atoms with van der Waals surface area (Å²) in [6, 6.07) is 0. The van der Waals surface area contributed by atoms with E-state index in [4.69, 9.17) is 5.11 Å². The molecule has 0 atom stereocenters. The van der Waals surface area contributed by atoms with E-state index in [1.807, 2.05) is 30.3 Å². The van der Waals surface area contributed by atoms with Gasteiger partial charge in [-0.1, -0.05) is 0 Å². The van der Waals surface area contributed by atoms with Crippen LogP contribution in [0.1, 0.15) is 12.8 Å². The molecule has 1 N–H and O–H groups in total. The summed E-state index contributed by atoms with van der Waals surface area (Å²) < 4.78 is 4.13. The molecule has 1 heterocycles. The third kappa shape index (κ3) is 3.88. The van der Waals surface area contributed by atoms with E-state index in [1.165, 1.54) is 0 Å². The van der Waals surface area contributed by atoms with Gasteiger partial charge in [-0.05, 0) is 12.8 Å². The van der Waals surface area contributed by atoms with E-state index in [2.05, 4.69) is 4.57 Å². The second-order valence-electron chi connectivity index (χ2n) is 2.75. The van der Waals surface area contributed by atoms with Gasteiger partial charge >= 0.3 is 0 Å². The number of aliphatic hydroxyl groups excluding tert-OH is 1. The standard InChI is InChI=1S/C8H15N2O.BrH/c1-9-5-6-10(8-9)4-2-3-7-11;/h5-6,8,11H,2-4,7H2,1H3;1H/q+1;/p-1. The smallest absolute Gasteiger partial charge is 0.243 e. The van der Waals surface area contributed by atoms with Crippen LogP contribution in [0.15, 0.2) is 18.7 Å². The van der Waals surface area contributed by atoms with E-state index in [9.17, 15) is 0 Å². The second-order valence-corrected chi connectivity index (χ2v) is 2.75. The quantitative estimate of drug-likeness (QED) is 0.440. The summed E-state index contributed by atoms with van der Waals surface area (Å²) in [6.07, 6.45) is 8.03. The Morgan fingerprint density at radius 1 is 1.42 bits per heavy atom. The molecule has 0 saturated carbocycles. The third-order valence-electron chi connectivity index (χ3n) is 1.65. The van der Waals surface area contributed by atoms with Crippen molar-refractivity contribution < 1.29 is 26.7 Å². The van der Waals surface area contributed by atoms with Crippen LogP contribution in [-0.4, -0.2) is 16.3 Å². The summed E-state index contributed by atoms with van der Waals surface area (Å²) in [6.45, 7) is 1.30. The maximum atomic E-state index is 8.54. The maximum Gasteiger partial charge on any atom is 0.243 e. The summed E-state index contributed by atoms with van der Waals surface area (Å²) in [4.78, 5) is 0. The fourth-order valence-corrected chi connectivity index (χ4v) is 1.04. The van der Waals surface area contributed by atoms with Gasteiger partial charge in [-0.25, -0.2) is 9.13 Å². The van der Waals surface area contributed by atoms with E-state index in [0.717, 1.165) is 19.4 Å². The highest BCUT2D eigenvalue weighted by Gasteiger charge is 1.97. The van der Waals surface area contributed by atoms with Crippen LogP contribution in [0.3, 0.4) is 0 Å². The van der Waals surface area contributed by atoms with Crippen molar-refractivity contribution in [1.82, 2.24) is 4.57 Å². The number of halogens is 1. The molecule has 0 aliphatic heterocycles. The largest absolute Gasteiger partial charge is 1.00 e. The number of aromatic nitrogens is 2. The van der Waals surface area contributed by atoms with E-state index in [0.29, 0.717) is 6.61 Å². The summed E-state index contributed by atoms with van der Waals surface area (Å²) in [5.74, 6) is 0. The van der Waals surface area contributed by atoms with E-state index < -0.39 is 0 Å². The highest BCUT2D eigenvalue weighted by atomic mass is 79.9. The van der Waals surface area contributed by atoms with Gasteiger partial charge in [0.25, 0.3) is 0 Å². The van der Waals surface area contributed by atoms with Crippen molar-refractivity contribution in [2.24, 2.45) is 7.05 Å². The van der Waals surface area contributed by atoms with Gasteiger partial charge in [0.15, 0.2) is 0 Å². The fourth-order valence-electron chi connectivity index (χ4n) is 1.04. The average molecular weight is 235 g/mol. The van der Waals surface area contributed by atoms with Crippen molar-refractivity contribution >= 4 is 0 Å². The molecule has 0 fully saturated rings. The first kappa shape index (κ1) is 11.6. The zero-order chi connectivity index (χ0) is 8.10. The molecular formula is C8H15BrN2O. The van der Waals surface area contributed by atoms with Gasteiger partial charge in [0.2, 0.25) is 6.33 Å². The van der Waals surface area contributed by atoms with Gasteiger partial charge in [-0.15, -0.1) is 0 Å². The molecule has 3 nitrogen and oxygen atoms in total.